The van der Waals surface area contributed by atoms with Crippen LogP contribution in [0.3, 0.4) is 0 Å². The van der Waals surface area contributed by atoms with Gasteiger partial charge in [0.15, 0.2) is 0 Å². The summed E-state index contributed by atoms with van der Waals surface area (Å²) in [5.74, 6) is -0.0327. The molecule has 0 unspecified atom stereocenters. The number of amides is 1. The summed E-state index contributed by atoms with van der Waals surface area (Å²) in [4.78, 5) is 15.7. The van der Waals surface area contributed by atoms with E-state index in [1.807, 2.05) is 48.7 Å². The highest BCUT2D eigenvalue weighted by Crippen LogP contribution is 2.22. The van der Waals surface area contributed by atoms with Crippen LogP contribution in [-0.2, 0) is 13.0 Å². The number of fused-ring (bicyclic) bond motifs is 1. The molecule has 1 saturated carbocycles. The molecule has 5 heteroatoms. The summed E-state index contributed by atoms with van der Waals surface area (Å²) in [6.45, 7) is 1.46. The number of benzene rings is 2. The zero-order chi connectivity index (χ0) is 20.1. The molecule has 3 aromatic rings. The zero-order valence-electron chi connectivity index (χ0n) is 16.6. The van der Waals surface area contributed by atoms with E-state index in [1.54, 1.807) is 0 Å². The fourth-order valence-electron chi connectivity index (χ4n) is 4.11. The monoisotopic (exact) mass is 409 g/mol. The second kappa shape index (κ2) is 9.47. The topological polar surface area (TPSA) is 56.9 Å². The average molecular weight is 410 g/mol. The van der Waals surface area contributed by atoms with E-state index in [0.29, 0.717) is 18.2 Å². The summed E-state index contributed by atoms with van der Waals surface area (Å²) in [5, 5.41) is 8.50. The molecule has 1 aromatic heterocycles. The molecule has 0 radical (unpaired) electrons. The second-order valence-electron chi connectivity index (χ2n) is 7.92. The number of carbonyl (C=O) groups is 1. The Kier molecular flexibility index (Phi) is 6.53. The maximum absolute atomic E-state index is 12.5. The minimum atomic E-state index is -0.0327. The third-order valence-corrected chi connectivity index (χ3v) is 6.06. The van der Waals surface area contributed by atoms with E-state index in [9.17, 15) is 4.79 Å². The highest BCUT2D eigenvalue weighted by atomic mass is 35.5. The molecule has 3 N–H and O–H groups in total. The van der Waals surface area contributed by atoms with Crippen molar-refractivity contribution >= 4 is 28.4 Å². The van der Waals surface area contributed by atoms with Gasteiger partial charge in [-0.3, -0.25) is 4.79 Å². The molecule has 1 aliphatic carbocycles. The number of H-pyrrole nitrogens is 1. The molecule has 152 valence electrons. The standard InChI is InChI=1S/C24H28ClN3O/c25-20-10-11-23-22(14-20)19(16-28-23)12-13-26-24(29)18-8-6-17(7-9-18)15-27-21-4-2-1-3-5-21/h6-11,14,16,21,27-28H,1-5,12-13,15H2,(H,26,29). The molecular weight excluding hydrogens is 382 g/mol. The van der Waals surface area contributed by atoms with Crippen LogP contribution in [0.25, 0.3) is 10.9 Å². The first-order chi connectivity index (χ1) is 14.2. The van der Waals surface area contributed by atoms with Gasteiger partial charge in [-0.05, 0) is 60.7 Å². The molecule has 0 saturated heterocycles. The number of carbonyl (C=O) groups excluding carboxylic acids is 1. The van der Waals surface area contributed by atoms with E-state index in [-0.39, 0.29) is 5.91 Å². The van der Waals surface area contributed by atoms with Crippen molar-refractivity contribution < 1.29 is 4.79 Å². The van der Waals surface area contributed by atoms with Crippen LogP contribution in [0.15, 0.2) is 48.7 Å². The van der Waals surface area contributed by atoms with Crippen LogP contribution in [0.4, 0.5) is 0 Å². The SMILES string of the molecule is O=C(NCCc1c[nH]c2ccc(Cl)cc12)c1ccc(CNC2CCCCC2)cc1. The lowest BCUT2D eigenvalue weighted by atomic mass is 9.95. The third-order valence-electron chi connectivity index (χ3n) is 5.83. The first kappa shape index (κ1) is 20.0. The summed E-state index contributed by atoms with van der Waals surface area (Å²) in [6, 6.07) is 14.4. The summed E-state index contributed by atoms with van der Waals surface area (Å²) >= 11 is 6.10. The van der Waals surface area contributed by atoms with Gasteiger partial charge >= 0.3 is 0 Å². The van der Waals surface area contributed by atoms with Crippen LogP contribution in [0.1, 0.15) is 53.6 Å². The minimum absolute atomic E-state index is 0.0327. The molecule has 0 aliphatic heterocycles. The molecule has 1 fully saturated rings. The van der Waals surface area contributed by atoms with Gasteiger partial charge in [0, 0.05) is 46.8 Å². The number of hydrogen-bond acceptors (Lipinski definition) is 2. The molecule has 0 atom stereocenters. The normalized spacial score (nSPS) is 14.9. The van der Waals surface area contributed by atoms with Crippen molar-refractivity contribution in [3.05, 3.63) is 70.4 Å². The van der Waals surface area contributed by atoms with Gasteiger partial charge in [0.2, 0.25) is 0 Å². The van der Waals surface area contributed by atoms with Crippen molar-refractivity contribution in [2.24, 2.45) is 0 Å². The summed E-state index contributed by atoms with van der Waals surface area (Å²) in [5.41, 5.74) is 4.15. The molecule has 29 heavy (non-hydrogen) atoms. The van der Waals surface area contributed by atoms with Crippen molar-refractivity contribution in [2.75, 3.05) is 6.54 Å². The second-order valence-corrected chi connectivity index (χ2v) is 8.36. The molecule has 0 spiro atoms. The van der Waals surface area contributed by atoms with E-state index < -0.39 is 0 Å². The highest BCUT2D eigenvalue weighted by Gasteiger charge is 2.12. The van der Waals surface area contributed by atoms with Gasteiger partial charge < -0.3 is 15.6 Å². The molecule has 0 bridgehead atoms. The van der Waals surface area contributed by atoms with Crippen LogP contribution in [0, 0.1) is 0 Å². The van der Waals surface area contributed by atoms with Gasteiger partial charge in [-0.25, -0.2) is 0 Å². The predicted octanol–water partition coefficient (Wildman–Crippen LogP) is 5.22. The number of aromatic amines is 1. The number of aromatic nitrogens is 1. The Morgan fingerprint density at radius 2 is 1.86 bits per heavy atom. The van der Waals surface area contributed by atoms with E-state index in [2.05, 4.69) is 15.6 Å². The van der Waals surface area contributed by atoms with Crippen molar-refractivity contribution in [1.82, 2.24) is 15.6 Å². The molecule has 1 aliphatic rings. The Labute approximate surface area is 177 Å². The molecule has 2 aromatic carbocycles. The lowest BCUT2D eigenvalue weighted by Gasteiger charge is -2.22. The molecule has 4 rings (SSSR count). The van der Waals surface area contributed by atoms with Crippen LogP contribution >= 0.6 is 11.6 Å². The predicted molar refractivity (Wildman–Crippen MR) is 120 cm³/mol. The Morgan fingerprint density at radius 1 is 1.07 bits per heavy atom. The Bertz CT molecular complexity index is 958. The molecule has 1 heterocycles. The van der Waals surface area contributed by atoms with Gasteiger partial charge in [-0.1, -0.05) is 43.0 Å². The Morgan fingerprint density at radius 3 is 2.66 bits per heavy atom. The van der Waals surface area contributed by atoms with Crippen LogP contribution < -0.4 is 10.6 Å². The van der Waals surface area contributed by atoms with E-state index >= 15 is 0 Å². The first-order valence-corrected chi connectivity index (χ1v) is 10.9. The van der Waals surface area contributed by atoms with Gasteiger partial charge in [0.1, 0.15) is 0 Å². The van der Waals surface area contributed by atoms with E-state index in [0.717, 1.165) is 34.5 Å². The van der Waals surface area contributed by atoms with Crippen LogP contribution in [-0.4, -0.2) is 23.5 Å². The van der Waals surface area contributed by atoms with Crippen molar-refractivity contribution in [2.45, 2.75) is 51.1 Å². The number of hydrogen-bond donors (Lipinski definition) is 3. The molecule has 4 nitrogen and oxygen atoms in total. The van der Waals surface area contributed by atoms with Gasteiger partial charge in [-0.15, -0.1) is 0 Å². The van der Waals surface area contributed by atoms with Gasteiger partial charge in [0.25, 0.3) is 5.91 Å². The summed E-state index contributed by atoms with van der Waals surface area (Å²) in [7, 11) is 0. The highest BCUT2D eigenvalue weighted by molar-refractivity contribution is 6.31. The smallest absolute Gasteiger partial charge is 0.251 e. The number of halogens is 1. The van der Waals surface area contributed by atoms with Crippen LogP contribution in [0.5, 0.6) is 0 Å². The van der Waals surface area contributed by atoms with Crippen molar-refractivity contribution in [3.63, 3.8) is 0 Å². The van der Waals surface area contributed by atoms with E-state index in [4.69, 9.17) is 11.6 Å². The third kappa shape index (κ3) is 5.20. The fourth-order valence-corrected chi connectivity index (χ4v) is 4.29. The summed E-state index contributed by atoms with van der Waals surface area (Å²) in [6.07, 6.45) is 9.35. The van der Waals surface area contributed by atoms with Crippen LogP contribution in [0.2, 0.25) is 5.02 Å². The Balaban J connectivity index is 1.26. The minimum Gasteiger partial charge on any atom is -0.361 e. The maximum atomic E-state index is 12.5. The number of rotatable bonds is 7. The Hall–Kier alpha value is -2.30. The molecule has 1 amide bonds. The zero-order valence-corrected chi connectivity index (χ0v) is 17.4. The fraction of sp³-hybridized carbons (Fsp3) is 0.375. The maximum Gasteiger partial charge on any atom is 0.251 e. The average Bonchev–Trinajstić information content (AvgIpc) is 3.15. The number of nitrogens with one attached hydrogen (secondary N) is 3. The van der Waals surface area contributed by atoms with Crippen molar-refractivity contribution in [1.29, 1.82) is 0 Å². The first-order valence-electron chi connectivity index (χ1n) is 10.5. The lowest BCUT2D eigenvalue weighted by molar-refractivity contribution is 0.0954. The van der Waals surface area contributed by atoms with Gasteiger partial charge in [0.05, 0.1) is 0 Å². The lowest BCUT2D eigenvalue weighted by Crippen LogP contribution is -2.30. The van der Waals surface area contributed by atoms with Gasteiger partial charge in [-0.2, -0.15) is 0 Å². The summed E-state index contributed by atoms with van der Waals surface area (Å²) < 4.78 is 0. The molecular formula is C24H28ClN3O. The largest absolute Gasteiger partial charge is 0.361 e. The van der Waals surface area contributed by atoms with Crippen molar-refractivity contribution in [3.8, 4) is 0 Å². The quantitative estimate of drug-likeness (QED) is 0.501. The van der Waals surface area contributed by atoms with E-state index in [1.165, 1.54) is 37.7 Å².